The molecule has 1 aromatic rings. The first-order valence-corrected chi connectivity index (χ1v) is 9.59. The van der Waals surface area contributed by atoms with Gasteiger partial charge < -0.3 is 9.64 Å². The molecule has 0 N–H and O–H groups in total. The van der Waals surface area contributed by atoms with Gasteiger partial charge in [-0.1, -0.05) is 0 Å². The fraction of sp³-hybridized carbons (Fsp3) is 0.385. The van der Waals surface area contributed by atoms with Crippen LogP contribution in [-0.4, -0.2) is 39.7 Å². The lowest BCUT2D eigenvalue weighted by Gasteiger charge is -2.18. The van der Waals surface area contributed by atoms with Crippen molar-refractivity contribution in [3.05, 3.63) is 28.2 Å². The third kappa shape index (κ3) is 3.99. The molecule has 0 saturated carbocycles. The summed E-state index contributed by atoms with van der Waals surface area (Å²) in [6.45, 7) is 0.265. The standard InChI is InChI=1S/C13H13BrClNO5S/c1-21-13(18)9-2-3-11(10(14)5-9)16-6-8(4-12(16)17)7-22(15,19)20/h2-3,5,8H,4,6-7H2,1H3. The number of hydrogen-bond donors (Lipinski definition) is 0. The van der Waals surface area contributed by atoms with E-state index >= 15 is 0 Å². The van der Waals surface area contributed by atoms with Gasteiger partial charge in [0.2, 0.25) is 15.0 Å². The highest BCUT2D eigenvalue weighted by atomic mass is 79.9. The predicted molar refractivity (Wildman–Crippen MR) is 85.6 cm³/mol. The third-order valence-electron chi connectivity index (χ3n) is 3.30. The Morgan fingerprint density at radius 3 is 2.73 bits per heavy atom. The van der Waals surface area contributed by atoms with E-state index in [1.807, 2.05) is 0 Å². The molecule has 1 atom stereocenters. The normalized spacial score (nSPS) is 18.6. The minimum atomic E-state index is -3.65. The summed E-state index contributed by atoms with van der Waals surface area (Å²) < 4.78 is 27.4. The maximum atomic E-state index is 12.1. The molecule has 1 aromatic carbocycles. The summed E-state index contributed by atoms with van der Waals surface area (Å²) in [4.78, 5) is 25.0. The second-order valence-corrected chi connectivity index (χ2v) is 8.61. The van der Waals surface area contributed by atoms with Crippen molar-refractivity contribution in [3.8, 4) is 0 Å². The molecule has 0 radical (unpaired) electrons. The summed E-state index contributed by atoms with van der Waals surface area (Å²) >= 11 is 3.32. The van der Waals surface area contributed by atoms with Crippen LogP contribution in [0, 0.1) is 5.92 Å². The van der Waals surface area contributed by atoms with Gasteiger partial charge in [-0.3, -0.25) is 4.79 Å². The molecule has 0 bridgehead atoms. The van der Waals surface area contributed by atoms with Gasteiger partial charge in [-0.2, -0.15) is 0 Å². The number of esters is 1. The van der Waals surface area contributed by atoms with Crippen molar-refractivity contribution in [3.63, 3.8) is 0 Å². The monoisotopic (exact) mass is 409 g/mol. The SMILES string of the molecule is COC(=O)c1ccc(N2CC(CS(=O)(=O)Cl)CC2=O)c(Br)c1. The summed E-state index contributed by atoms with van der Waals surface area (Å²) in [6.07, 6.45) is 0.122. The van der Waals surface area contributed by atoms with Gasteiger partial charge in [-0.25, -0.2) is 13.2 Å². The molecule has 22 heavy (non-hydrogen) atoms. The number of anilines is 1. The second-order valence-electron chi connectivity index (χ2n) is 4.94. The lowest BCUT2D eigenvalue weighted by molar-refractivity contribution is -0.117. The van der Waals surface area contributed by atoms with Crippen molar-refractivity contribution in [2.45, 2.75) is 6.42 Å². The zero-order valence-electron chi connectivity index (χ0n) is 11.6. The van der Waals surface area contributed by atoms with Crippen LogP contribution in [0.15, 0.2) is 22.7 Å². The molecule has 6 nitrogen and oxygen atoms in total. The Kier molecular flexibility index (Phi) is 5.14. The first-order chi connectivity index (χ1) is 10.2. The van der Waals surface area contributed by atoms with Crippen LogP contribution in [-0.2, 0) is 18.6 Å². The Balaban J connectivity index is 2.22. The van der Waals surface area contributed by atoms with E-state index in [1.54, 1.807) is 18.2 Å². The number of hydrogen-bond acceptors (Lipinski definition) is 5. The van der Waals surface area contributed by atoms with E-state index in [-0.39, 0.29) is 30.5 Å². The maximum absolute atomic E-state index is 12.1. The van der Waals surface area contributed by atoms with Crippen molar-refractivity contribution in [1.29, 1.82) is 0 Å². The Labute approximate surface area is 140 Å². The quantitative estimate of drug-likeness (QED) is 0.561. The van der Waals surface area contributed by atoms with Crippen LogP contribution in [0.5, 0.6) is 0 Å². The van der Waals surface area contributed by atoms with Crippen LogP contribution >= 0.6 is 26.6 Å². The molecule has 2 rings (SSSR count). The topological polar surface area (TPSA) is 80.8 Å². The predicted octanol–water partition coefficient (Wildman–Crippen LogP) is 2.16. The van der Waals surface area contributed by atoms with E-state index in [1.165, 1.54) is 12.0 Å². The van der Waals surface area contributed by atoms with Gasteiger partial charge in [0.15, 0.2) is 0 Å². The smallest absolute Gasteiger partial charge is 0.337 e. The van der Waals surface area contributed by atoms with Gasteiger partial charge in [0.25, 0.3) is 0 Å². The first-order valence-electron chi connectivity index (χ1n) is 6.32. The Morgan fingerprint density at radius 2 is 2.18 bits per heavy atom. The molecule has 1 heterocycles. The highest BCUT2D eigenvalue weighted by Gasteiger charge is 2.34. The van der Waals surface area contributed by atoms with Crippen LogP contribution in [0.3, 0.4) is 0 Å². The molecule has 0 spiro atoms. The van der Waals surface area contributed by atoms with Crippen LogP contribution in [0.1, 0.15) is 16.8 Å². The van der Waals surface area contributed by atoms with Crippen LogP contribution in [0.4, 0.5) is 5.69 Å². The van der Waals surface area contributed by atoms with Crippen molar-refractivity contribution in [1.82, 2.24) is 0 Å². The highest BCUT2D eigenvalue weighted by Crippen LogP contribution is 2.33. The molecular weight excluding hydrogens is 398 g/mol. The molecule has 9 heteroatoms. The van der Waals surface area contributed by atoms with Crippen LogP contribution in [0.25, 0.3) is 0 Å². The fourth-order valence-electron chi connectivity index (χ4n) is 2.38. The molecule has 1 aliphatic heterocycles. The lowest BCUT2D eigenvalue weighted by atomic mass is 10.1. The van der Waals surface area contributed by atoms with Crippen LogP contribution < -0.4 is 4.90 Å². The minimum absolute atomic E-state index is 0.122. The average Bonchev–Trinajstić information content (AvgIpc) is 2.76. The van der Waals surface area contributed by atoms with Gasteiger partial charge in [-0.15, -0.1) is 0 Å². The summed E-state index contributed by atoms with van der Waals surface area (Å²) in [5.74, 6) is -1.25. The lowest BCUT2D eigenvalue weighted by Crippen LogP contribution is -2.25. The van der Waals surface area contributed by atoms with E-state index in [4.69, 9.17) is 10.7 Å². The van der Waals surface area contributed by atoms with Gasteiger partial charge in [-0.05, 0) is 34.1 Å². The first kappa shape index (κ1) is 17.2. The number of amides is 1. The molecule has 1 saturated heterocycles. The Morgan fingerprint density at radius 1 is 1.50 bits per heavy atom. The van der Waals surface area contributed by atoms with E-state index < -0.39 is 15.0 Å². The molecule has 1 fully saturated rings. The summed E-state index contributed by atoms with van der Waals surface area (Å²) in [7, 11) is 2.87. The molecule has 1 amide bonds. The number of carbonyl (C=O) groups is 2. The maximum Gasteiger partial charge on any atom is 0.337 e. The zero-order chi connectivity index (χ0) is 16.5. The minimum Gasteiger partial charge on any atom is -0.465 e. The Hall–Kier alpha value is -1.12. The van der Waals surface area contributed by atoms with Crippen molar-refractivity contribution >= 4 is 53.2 Å². The van der Waals surface area contributed by atoms with Crippen molar-refractivity contribution < 1.29 is 22.7 Å². The van der Waals surface area contributed by atoms with Gasteiger partial charge in [0.1, 0.15) is 0 Å². The number of ether oxygens (including phenoxy) is 1. The number of rotatable bonds is 4. The third-order valence-corrected chi connectivity index (χ3v) is 5.18. The van der Waals surface area contributed by atoms with E-state index in [0.29, 0.717) is 15.7 Å². The highest BCUT2D eigenvalue weighted by molar-refractivity contribution is 9.10. The van der Waals surface area contributed by atoms with Crippen molar-refractivity contribution in [2.75, 3.05) is 24.3 Å². The number of nitrogens with zero attached hydrogens (tertiary/aromatic N) is 1. The van der Waals surface area contributed by atoms with Gasteiger partial charge >= 0.3 is 5.97 Å². The van der Waals surface area contributed by atoms with Crippen molar-refractivity contribution in [2.24, 2.45) is 5.92 Å². The Bertz CT molecular complexity index is 721. The summed E-state index contributed by atoms with van der Waals surface area (Å²) in [5.41, 5.74) is 0.928. The van der Waals surface area contributed by atoms with Gasteiger partial charge in [0, 0.05) is 34.0 Å². The number of halogens is 2. The average molecular weight is 411 g/mol. The molecular formula is C13H13BrClNO5S. The number of methoxy groups -OCH3 is 1. The van der Waals surface area contributed by atoms with Gasteiger partial charge in [0.05, 0.1) is 24.1 Å². The van der Waals surface area contributed by atoms with E-state index in [2.05, 4.69) is 20.7 Å². The van der Waals surface area contributed by atoms with E-state index in [9.17, 15) is 18.0 Å². The summed E-state index contributed by atoms with van der Waals surface area (Å²) in [6, 6.07) is 4.72. The molecule has 1 unspecified atom stereocenters. The number of benzene rings is 1. The van der Waals surface area contributed by atoms with Crippen LogP contribution in [0.2, 0.25) is 0 Å². The molecule has 0 aliphatic carbocycles. The molecule has 0 aromatic heterocycles. The molecule has 120 valence electrons. The number of carbonyl (C=O) groups excluding carboxylic acids is 2. The second kappa shape index (κ2) is 6.55. The molecule has 1 aliphatic rings. The summed E-state index contributed by atoms with van der Waals surface area (Å²) in [5, 5.41) is 0. The fourth-order valence-corrected chi connectivity index (χ4v) is 4.29. The van der Waals surface area contributed by atoms with E-state index in [0.717, 1.165) is 0 Å². The zero-order valence-corrected chi connectivity index (χ0v) is 14.7. The largest absolute Gasteiger partial charge is 0.465 e.